The molecule has 2 fully saturated rings. The molecule has 0 atom stereocenters. The van der Waals surface area contributed by atoms with Gasteiger partial charge in [0.15, 0.2) is 5.65 Å². The third kappa shape index (κ3) is 3.44. The van der Waals surface area contributed by atoms with E-state index in [-0.39, 0.29) is 17.5 Å². The highest BCUT2D eigenvalue weighted by atomic mass is 19.4. The maximum Gasteiger partial charge on any atom is 0.433 e. The number of halogens is 3. The van der Waals surface area contributed by atoms with Crippen LogP contribution in [-0.2, 0) is 6.18 Å². The Kier molecular flexibility index (Phi) is 4.33. The fourth-order valence-corrected chi connectivity index (χ4v) is 4.11. The molecule has 2 aliphatic rings. The topological polar surface area (TPSA) is 79.2 Å². The standard InChI is InChI=1S/C20H21F3N6O/c1-11-8-18-24-14(10-17(20(21,22)23)29(18)27-11)13-4-6-28(7-5-13)19(30)16-9-15(25-26-16)12-2-3-12/h8-10,12-13H,2-7H2,1H3,(H,25,26). The predicted molar refractivity (Wildman–Crippen MR) is 101 cm³/mol. The fourth-order valence-electron chi connectivity index (χ4n) is 4.11. The third-order valence-corrected chi connectivity index (χ3v) is 5.89. The number of nitrogens with one attached hydrogen (secondary N) is 1. The molecule has 7 nitrogen and oxygen atoms in total. The van der Waals surface area contributed by atoms with Crippen molar-refractivity contribution in [3.8, 4) is 0 Å². The van der Waals surface area contributed by atoms with Crippen LogP contribution in [0.25, 0.3) is 5.65 Å². The number of piperidine rings is 1. The van der Waals surface area contributed by atoms with Crippen molar-refractivity contribution in [2.45, 2.75) is 50.6 Å². The maximum atomic E-state index is 13.5. The van der Waals surface area contributed by atoms with E-state index in [0.29, 0.717) is 48.9 Å². The molecule has 158 valence electrons. The van der Waals surface area contributed by atoms with Crippen molar-refractivity contribution >= 4 is 11.6 Å². The molecule has 1 aliphatic heterocycles. The first-order valence-corrected chi connectivity index (χ1v) is 10.1. The lowest BCUT2D eigenvalue weighted by Gasteiger charge is -2.31. The normalized spacial score (nSPS) is 18.3. The molecule has 1 saturated carbocycles. The van der Waals surface area contributed by atoms with Crippen molar-refractivity contribution in [1.29, 1.82) is 0 Å². The molecule has 1 saturated heterocycles. The van der Waals surface area contributed by atoms with Gasteiger partial charge in [-0.2, -0.15) is 23.4 Å². The molecule has 1 aliphatic carbocycles. The smallest absolute Gasteiger partial charge is 0.337 e. The summed E-state index contributed by atoms with van der Waals surface area (Å²) in [7, 11) is 0. The van der Waals surface area contributed by atoms with Crippen LogP contribution < -0.4 is 0 Å². The molecule has 4 heterocycles. The molecule has 5 rings (SSSR count). The van der Waals surface area contributed by atoms with Crippen LogP contribution in [0.15, 0.2) is 18.2 Å². The molecular weight excluding hydrogens is 397 g/mol. The van der Waals surface area contributed by atoms with Crippen LogP contribution in [0.2, 0.25) is 0 Å². The first-order valence-electron chi connectivity index (χ1n) is 10.1. The largest absolute Gasteiger partial charge is 0.433 e. The van der Waals surface area contributed by atoms with E-state index in [0.717, 1.165) is 29.1 Å². The van der Waals surface area contributed by atoms with Gasteiger partial charge in [0.25, 0.3) is 5.91 Å². The van der Waals surface area contributed by atoms with Crippen LogP contribution in [0.5, 0.6) is 0 Å². The lowest BCUT2D eigenvalue weighted by atomic mass is 9.92. The van der Waals surface area contributed by atoms with Crippen LogP contribution >= 0.6 is 0 Å². The van der Waals surface area contributed by atoms with E-state index >= 15 is 0 Å². The summed E-state index contributed by atoms with van der Waals surface area (Å²) in [6.07, 6.45) is -1.17. The Hall–Kier alpha value is -2.91. The number of nitrogens with zero attached hydrogens (tertiary/aromatic N) is 5. The van der Waals surface area contributed by atoms with Crippen LogP contribution in [-0.4, -0.2) is 48.7 Å². The molecule has 0 radical (unpaired) electrons. The molecule has 30 heavy (non-hydrogen) atoms. The SMILES string of the molecule is Cc1cc2nc(C3CCN(C(=O)c4cc(C5CC5)[nH]n4)CC3)cc(C(F)(F)F)n2n1. The number of amides is 1. The zero-order valence-electron chi connectivity index (χ0n) is 16.4. The highest BCUT2D eigenvalue weighted by Crippen LogP contribution is 2.39. The summed E-state index contributed by atoms with van der Waals surface area (Å²) in [6, 6.07) is 4.46. The quantitative estimate of drug-likeness (QED) is 0.704. The molecule has 3 aromatic heterocycles. The molecule has 0 bridgehead atoms. The first kappa shape index (κ1) is 19.1. The average Bonchev–Trinajstić information content (AvgIpc) is 3.31. The van der Waals surface area contributed by atoms with Gasteiger partial charge in [0, 0.05) is 42.4 Å². The molecule has 1 N–H and O–H groups in total. The summed E-state index contributed by atoms with van der Waals surface area (Å²) >= 11 is 0. The maximum absolute atomic E-state index is 13.5. The van der Waals surface area contributed by atoms with Crippen molar-refractivity contribution in [2.24, 2.45) is 0 Å². The highest BCUT2D eigenvalue weighted by molar-refractivity contribution is 5.92. The number of H-pyrrole nitrogens is 1. The molecule has 3 aromatic rings. The Bertz CT molecular complexity index is 1110. The van der Waals surface area contributed by atoms with E-state index in [1.165, 1.54) is 0 Å². The van der Waals surface area contributed by atoms with Crippen molar-refractivity contribution in [3.05, 3.63) is 46.7 Å². The van der Waals surface area contributed by atoms with Crippen molar-refractivity contribution in [1.82, 2.24) is 29.7 Å². The Labute approximate surface area is 170 Å². The van der Waals surface area contributed by atoms with E-state index in [2.05, 4.69) is 20.3 Å². The molecule has 0 spiro atoms. The van der Waals surface area contributed by atoms with Gasteiger partial charge < -0.3 is 4.90 Å². The summed E-state index contributed by atoms with van der Waals surface area (Å²) in [5.74, 6) is 0.208. The average molecular weight is 418 g/mol. The minimum absolute atomic E-state index is 0.137. The van der Waals surface area contributed by atoms with Gasteiger partial charge in [0.05, 0.1) is 5.69 Å². The number of aromatic nitrogens is 5. The monoisotopic (exact) mass is 418 g/mol. The summed E-state index contributed by atoms with van der Waals surface area (Å²) < 4.78 is 41.5. The van der Waals surface area contributed by atoms with E-state index in [9.17, 15) is 18.0 Å². The molecular formula is C20H21F3N6O. The molecule has 0 aromatic carbocycles. The number of fused-ring (bicyclic) bond motifs is 1. The van der Waals surface area contributed by atoms with Crippen LogP contribution in [0.3, 0.4) is 0 Å². The predicted octanol–water partition coefficient (Wildman–Crippen LogP) is 3.68. The minimum Gasteiger partial charge on any atom is -0.337 e. The van der Waals surface area contributed by atoms with Gasteiger partial charge in [-0.15, -0.1) is 0 Å². The zero-order valence-corrected chi connectivity index (χ0v) is 16.4. The van der Waals surface area contributed by atoms with Crippen LogP contribution in [0.1, 0.15) is 70.8 Å². The summed E-state index contributed by atoms with van der Waals surface area (Å²) in [6.45, 7) is 2.56. The van der Waals surface area contributed by atoms with E-state index in [1.807, 2.05) is 6.07 Å². The number of aromatic amines is 1. The van der Waals surface area contributed by atoms with Crippen molar-refractivity contribution in [2.75, 3.05) is 13.1 Å². The number of carbonyl (C=O) groups is 1. The fraction of sp³-hybridized carbons (Fsp3) is 0.500. The summed E-state index contributed by atoms with van der Waals surface area (Å²) in [5, 5.41) is 11.0. The van der Waals surface area contributed by atoms with E-state index in [1.54, 1.807) is 17.9 Å². The van der Waals surface area contributed by atoms with Gasteiger partial charge in [0.2, 0.25) is 0 Å². The minimum atomic E-state index is -4.52. The molecule has 0 unspecified atom stereocenters. The van der Waals surface area contributed by atoms with Gasteiger partial charge >= 0.3 is 6.18 Å². The van der Waals surface area contributed by atoms with Gasteiger partial charge in [-0.1, -0.05) is 0 Å². The highest BCUT2D eigenvalue weighted by Gasteiger charge is 2.36. The van der Waals surface area contributed by atoms with Gasteiger partial charge in [-0.25, -0.2) is 9.50 Å². The molecule has 10 heteroatoms. The number of rotatable bonds is 3. The second-order valence-corrected chi connectivity index (χ2v) is 8.17. The zero-order chi connectivity index (χ0) is 21.0. The number of hydrogen-bond acceptors (Lipinski definition) is 4. The first-order chi connectivity index (χ1) is 14.3. The Morgan fingerprint density at radius 3 is 2.50 bits per heavy atom. The van der Waals surface area contributed by atoms with Gasteiger partial charge in [-0.3, -0.25) is 9.89 Å². The van der Waals surface area contributed by atoms with E-state index in [4.69, 9.17) is 0 Å². The second kappa shape index (κ2) is 6.82. The lowest BCUT2D eigenvalue weighted by Crippen LogP contribution is -2.38. The third-order valence-electron chi connectivity index (χ3n) is 5.89. The number of aryl methyl sites for hydroxylation is 1. The Balaban J connectivity index is 1.33. The van der Waals surface area contributed by atoms with Crippen molar-refractivity contribution in [3.63, 3.8) is 0 Å². The van der Waals surface area contributed by atoms with Crippen molar-refractivity contribution < 1.29 is 18.0 Å². The van der Waals surface area contributed by atoms with E-state index < -0.39 is 11.9 Å². The van der Waals surface area contributed by atoms with Crippen LogP contribution in [0, 0.1) is 6.92 Å². The van der Waals surface area contributed by atoms with Gasteiger partial charge in [-0.05, 0) is 44.7 Å². The summed E-state index contributed by atoms with van der Waals surface area (Å²) in [5.41, 5.74) is 1.66. The Morgan fingerprint density at radius 1 is 1.10 bits per heavy atom. The molecule has 1 amide bonds. The van der Waals surface area contributed by atoms with Gasteiger partial charge in [0.1, 0.15) is 11.4 Å². The number of likely N-dealkylation sites (tertiary alicyclic amines) is 1. The van der Waals surface area contributed by atoms with Crippen LogP contribution in [0.4, 0.5) is 13.2 Å². The Morgan fingerprint density at radius 2 is 1.83 bits per heavy atom. The number of alkyl halides is 3. The number of carbonyl (C=O) groups excluding carboxylic acids is 1. The summed E-state index contributed by atoms with van der Waals surface area (Å²) in [4.78, 5) is 18.9. The number of hydrogen-bond donors (Lipinski definition) is 1. The lowest BCUT2D eigenvalue weighted by molar-refractivity contribution is -0.142. The second-order valence-electron chi connectivity index (χ2n) is 8.17.